The summed E-state index contributed by atoms with van der Waals surface area (Å²) in [7, 11) is 4.00. The minimum Gasteiger partial charge on any atom is -0.348 e. The number of fused-ring (bicyclic) bond motifs is 1. The van der Waals surface area contributed by atoms with E-state index in [1.165, 1.54) is 22.2 Å². The van der Waals surface area contributed by atoms with Crippen LogP contribution in [-0.2, 0) is 7.05 Å². The second-order valence-corrected chi connectivity index (χ2v) is 5.33. The third kappa shape index (κ3) is 1.86. The van der Waals surface area contributed by atoms with E-state index in [1.54, 1.807) is 6.20 Å². The molecule has 0 saturated carbocycles. The van der Waals surface area contributed by atoms with E-state index in [2.05, 4.69) is 33.9 Å². The van der Waals surface area contributed by atoms with Gasteiger partial charge < -0.3 is 9.47 Å². The van der Waals surface area contributed by atoms with E-state index >= 15 is 0 Å². The Labute approximate surface area is 115 Å². The van der Waals surface area contributed by atoms with Crippen LogP contribution < -0.4 is 4.90 Å². The molecule has 0 aliphatic rings. The Morgan fingerprint density at radius 3 is 2.89 bits per heavy atom. The van der Waals surface area contributed by atoms with Crippen molar-refractivity contribution in [2.75, 3.05) is 11.9 Å². The van der Waals surface area contributed by atoms with Crippen LogP contribution in [0.5, 0.6) is 0 Å². The largest absolute Gasteiger partial charge is 0.348 e. The number of thiazole rings is 1. The molecule has 0 amide bonds. The van der Waals surface area contributed by atoms with Crippen LogP contribution >= 0.6 is 11.3 Å². The van der Waals surface area contributed by atoms with Crippen LogP contribution in [0.15, 0.2) is 36.7 Å². The third-order valence-corrected chi connectivity index (χ3v) is 4.11. The molecule has 0 unspecified atom stereocenters. The molecule has 3 rings (SSSR count). The van der Waals surface area contributed by atoms with Crippen LogP contribution in [-0.4, -0.2) is 16.6 Å². The predicted octanol–water partition coefficient (Wildman–Crippen LogP) is 3.27. The van der Waals surface area contributed by atoms with Crippen LogP contribution in [0.3, 0.4) is 0 Å². The maximum absolute atomic E-state index is 8.88. The lowest BCUT2D eigenvalue weighted by molar-refractivity contribution is 0.965. The summed E-state index contributed by atoms with van der Waals surface area (Å²) in [5.41, 5.74) is 2.28. The SMILES string of the molecule is CN(c1ncc(C#N)s1)c1cn(C)c2ccccc12. The van der Waals surface area contributed by atoms with Gasteiger partial charge in [-0.3, -0.25) is 0 Å². The second kappa shape index (κ2) is 4.41. The van der Waals surface area contributed by atoms with Gasteiger partial charge in [0.2, 0.25) is 0 Å². The molecule has 1 aromatic carbocycles. The van der Waals surface area contributed by atoms with E-state index in [-0.39, 0.29) is 0 Å². The van der Waals surface area contributed by atoms with Gasteiger partial charge in [0, 0.05) is 31.2 Å². The number of aromatic nitrogens is 2. The summed E-state index contributed by atoms with van der Waals surface area (Å²) in [6.07, 6.45) is 3.69. The predicted molar refractivity (Wildman–Crippen MR) is 77.8 cm³/mol. The number of hydrogen-bond acceptors (Lipinski definition) is 4. The summed E-state index contributed by atoms with van der Waals surface area (Å²) < 4.78 is 2.10. The maximum atomic E-state index is 8.88. The van der Waals surface area contributed by atoms with Gasteiger partial charge >= 0.3 is 0 Å². The average molecular weight is 268 g/mol. The zero-order valence-electron chi connectivity index (χ0n) is 10.7. The lowest BCUT2D eigenvalue weighted by Gasteiger charge is -2.14. The molecule has 3 aromatic rings. The molecule has 0 bridgehead atoms. The van der Waals surface area contributed by atoms with E-state index in [9.17, 15) is 0 Å². The molecule has 19 heavy (non-hydrogen) atoms. The number of benzene rings is 1. The molecule has 0 spiro atoms. The van der Waals surface area contributed by atoms with Crippen molar-refractivity contribution in [2.45, 2.75) is 0 Å². The zero-order valence-corrected chi connectivity index (χ0v) is 11.5. The van der Waals surface area contributed by atoms with Crippen molar-refractivity contribution < 1.29 is 0 Å². The highest BCUT2D eigenvalue weighted by atomic mass is 32.1. The van der Waals surface area contributed by atoms with Crippen molar-refractivity contribution in [3.8, 4) is 6.07 Å². The number of nitriles is 1. The minimum absolute atomic E-state index is 0.627. The molecule has 5 heteroatoms. The van der Waals surface area contributed by atoms with Gasteiger partial charge in [0.25, 0.3) is 0 Å². The molecular formula is C14H12N4S. The van der Waals surface area contributed by atoms with Crippen molar-refractivity contribution in [1.29, 1.82) is 5.26 Å². The van der Waals surface area contributed by atoms with Crippen molar-refractivity contribution in [3.05, 3.63) is 41.5 Å². The molecule has 0 radical (unpaired) electrons. The third-order valence-electron chi connectivity index (χ3n) is 3.13. The lowest BCUT2D eigenvalue weighted by Crippen LogP contribution is -2.08. The van der Waals surface area contributed by atoms with Gasteiger partial charge in [-0.15, -0.1) is 0 Å². The van der Waals surface area contributed by atoms with Crippen LogP contribution in [0.2, 0.25) is 0 Å². The molecule has 2 heterocycles. The van der Waals surface area contributed by atoms with Gasteiger partial charge in [-0.25, -0.2) is 4.98 Å². The minimum atomic E-state index is 0.627. The monoisotopic (exact) mass is 268 g/mol. The highest BCUT2D eigenvalue weighted by Gasteiger charge is 2.14. The Morgan fingerprint density at radius 1 is 1.37 bits per heavy atom. The van der Waals surface area contributed by atoms with E-state index in [0.29, 0.717) is 4.88 Å². The van der Waals surface area contributed by atoms with Gasteiger partial charge in [-0.2, -0.15) is 5.26 Å². The van der Waals surface area contributed by atoms with Crippen LogP contribution in [0, 0.1) is 11.3 Å². The number of nitrogens with zero attached hydrogens (tertiary/aromatic N) is 4. The molecule has 4 nitrogen and oxygen atoms in total. The highest BCUT2D eigenvalue weighted by molar-refractivity contribution is 7.16. The molecule has 94 valence electrons. The first kappa shape index (κ1) is 11.8. The molecule has 0 fully saturated rings. The molecule has 0 aliphatic carbocycles. The van der Waals surface area contributed by atoms with Crippen LogP contribution in [0.4, 0.5) is 10.8 Å². The van der Waals surface area contributed by atoms with Gasteiger partial charge in [-0.05, 0) is 6.07 Å². The second-order valence-electron chi connectivity index (χ2n) is 4.32. The smallest absolute Gasteiger partial charge is 0.190 e. The molecule has 0 saturated heterocycles. The van der Waals surface area contributed by atoms with Crippen molar-refractivity contribution in [1.82, 2.24) is 9.55 Å². The van der Waals surface area contributed by atoms with Crippen LogP contribution in [0.1, 0.15) is 4.88 Å². The fraction of sp³-hybridized carbons (Fsp3) is 0.143. The first-order valence-electron chi connectivity index (χ1n) is 5.84. The van der Waals surface area contributed by atoms with E-state index in [0.717, 1.165) is 10.8 Å². The average Bonchev–Trinajstić information content (AvgIpc) is 3.04. The normalized spacial score (nSPS) is 10.6. The number of aryl methyl sites for hydroxylation is 1. The standard InChI is InChI=1S/C14H12N4S/c1-17-9-13(11-5-3-4-6-12(11)17)18(2)14-16-8-10(7-15)19-14/h3-6,8-9H,1-2H3. The summed E-state index contributed by atoms with van der Waals surface area (Å²) in [4.78, 5) is 6.94. The van der Waals surface area contributed by atoms with Gasteiger partial charge in [0.15, 0.2) is 5.13 Å². The topological polar surface area (TPSA) is 44.9 Å². The summed E-state index contributed by atoms with van der Waals surface area (Å²) in [6, 6.07) is 10.4. The first-order chi connectivity index (χ1) is 9.20. The summed E-state index contributed by atoms with van der Waals surface area (Å²) >= 11 is 1.40. The first-order valence-corrected chi connectivity index (χ1v) is 6.66. The van der Waals surface area contributed by atoms with Crippen LogP contribution in [0.25, 0.3) is 10.9 Å². The molecule has 2 aromatic heterocycles. The fourth-order valence-corrected chi connectivity index (χ4v) is 2.85. The van der Waals surface area contributed by atoms with E-state index in [1.807, 2.05) is 31.1 Å². The zero-order chi connectivity index (χ0) is 13.4. The quantitative estimate of drug-likeness (QED) is 0.716. The summed E-state index contributed by atoms with van der Waals surface area (Å²) in [5, 5.41) is 10.9. The van der Waals surface area contributed by atoms with Crippen molar-refractivity contribution in [2.24, 2.45) is 7.05 Å². The van der Waals surface area contributed by atoms with Crippen molar-refractivity contribution in [3.63, 3.8) is 0 Å². The molecule has 0 N–H and O–H groups in total. The number of para-hydroxylation sites is 1. The molecule has 0 aliphatic heterocycles. The number of hydrogen-bond donors (Lipinski definition) is 0. The Hall–Kier alpha value is -2.32. The Kier molecular flexibility index (Phi) is 2.73. The van der Waals surface area contributed by atoms with Gasteiger partial charge in [0.05, 0.1) is 11.9 Å². The summed E-state index contributed by atoms with van der Waals surface area (Å²) in [5.74, 6) is 0. The molecule has 0 atom stereocenters. The maximum Gasteiger partial charge on any atom is 0.190 e. The Bertz CT molecular complexity index is 778. The Morgan fingerprint density at radius 2 is 2.16 bits per heavy atom. The van der Waals surface area contributed by atoms with Crippen molar-refractivity contribution >= 4 is 33.1 Å². The van der Waals surface area contributed by atoms with E-state index in [4.69, 9.17) is 5.26 Å². The van der Waals surface area contributed by atoms with Gasteiger partial charge in [0.1, 0.15) is 10.9 Å². The number of rotatable bonds is 2. The highest BCUT2D eigenvalue weighted by Crippen LogP contribution is 2.34. The fourth-order valence-electron chi connectivity index (χ4n) is 2.16. The van der Waals surface area contributed by atoms with Gasteiger partial charge in [-0.1, -0.05) is 29.5 Å². The Balaban J connectivity index is 2.11. The lowest BCUT2D eigenvalue weighted by atomic mass is 10.2. The number of anilines is 2. The summed E-state index contributed by atoms with van der Waals surface area (Å²) in [6.45, 7) is 0. The molecular weight excluding hydrogens is 256 g/mol. The van der Waals surface area contributed by atoms with E-state index < -0.39 is 0 Å².